The zero-order valence-corrected chi connectivity index (χ0v) is 20.0. The molecule has 0 spiro atoms. The van der Waals surface area contributed by atoms with Crippen molar-refractivity contribution in [2.75, 3.05) is 25.6 Å². The van der Waals surface area contributed by atoms with Gasteiger partial charge in [0.2, 0.25) is 0 Å². The first-order valence-corrected chi connectivity index (χ1v) is 11.8. The van der Waals surface area contributed by atoms with Gasteiger partial charge in [0.1, 0.15) is 5.75 Å². The molecule has 0 aliphatic rings. The normalized spacial score (nSPS) is 11.2. The lowest BCUT2D eigenvalue weighted by molar-refractivity contribution is 0.0950. The molecule has 0 atom stereocenters. The Hall–Kier alpha value is -3.36. The van der Waals surface area contributed by atoms with Crippen molar-refractivity contribution in [3.63, 3.8) is 0 Å². The van der Waals surface area contributed by atoms with E-state index in [-0.39, 0.29) is 10.8 Å². The predicted octanol–water partition coefficient (Wildman–Crippen LogP) is 3.91. The summed E-state index contributed by atoms with van der Waals surface area (Å²) in [6.45, 7) is 2.62. The summed E-state index contributed by atoms with van der Waals surface area (Å²) in [5, 5.41) is 2.87. The Morgan fingerprint density at radius 2 is 1.64 bits per heavy atom. The van der Waals surface area contributed by atoms with Crippen molar-refractivity contribution < 1.29 is 22.7 Å². The fraction of sp³-hybridized carbons (Fsp3) is 0.240. The number of nitrogens with one attached hydrogen (secondary N) is 1. The smallest absolute Gasteiger partial charge is 0.264 e. The average molecular weight is 469 g/mol. The number of carbonyl (C=O) groups excluding carboxylic acids is 1. The van der Waals surface area contributed by atoms with E-state index < -0.39 is 10.0 Å². The van der Waals surface area contributed by atoms with Gasteiger partial charge < -0.3 is 14.8 Å². The lowest BCUT2D eigenvalue weighted by Gasteiger charge is -2.22. The van der Waals surface area contributed by atoms with Crippen molar-refractivity contribution in [2.24, 2.45) is 0 Å². The number of aryl methyl sites for hydroxylation is 1. The number of ether oxygens (including phenoxy) is 2. The topological polar surface area (TPSA) is 84.9 Å². The molecule has 0 saturated carbocycles. The van der Waals surface area contributed by atoms with Crippen molar-refractivity contribution >= 4 is 21.6 Å². The van der Waals surface area contributed by atoms with Crippen molar-refractivity contribution in [3.05, 3.63) is 89.0 Å². The van der Waals surface area contributed by atoms with Gasteiger partial charge in [-0.25, -0.2) is 8.42 Å². The van der Waals surface area contributed by atoms with E-state index >= 15 is 0 Å². The number of hydrogen-bond donors (Lipinski definition) is 1. The van der Waals surface area contributed by atoms with Crippen LogP contribution in [0.5, 0.6) is 5.75 Å². The third kappa shape index (κ3) is 5.53. The molecule has 0 bridgehead atoms. The molecule has 0 aliphatic carbocycles. The van der Waals surface area contributed by atoms with Crippen LogP contribution in [0.25, 0.3) is 0 Å². The highest BCUT2D eigenvalue weighted by molar-refractivity contribution is 7.92. The molecule has 0 heterocycles. The van der Waals surface area contributed by atoms with Gasteiger partial charge in [0.25, 0.3) is 15.9 Å². The fourth-order valence-corrected chi connectivity index (χ4v) is 4.61. The summed E-state index contributed by atoms with van der Waals surface area (Å²) in [4.78, 5) is 12.9. The highest BCUT2D eigenvalue weighted by Crippen LogP contribution is 2.31. The Labute approximate surface area is 195 Å². The van der Waals surface area contributed by atoms with E-state index in [0.29, 0.717) is 35.7 Å². The maximum Gasteiger partial charge on any atom is 0.264 e. The van der Waals surface area contributed by atoms with Crippen LogP contribution in [0, 0.1) is 6.92 Å². The van der Waals surface area contributed by atoms with Crippen LogP contribution < -0.4 is 14.4 Å². The minimum Gasteiger partial charge on any atom is -0.495 e. The van der Waals surface area contributed by atoms with E-state index in [1.165, 1.54) is 26.3 Å². The zero-order chi connectivity index (χ0) is 24.0. The molecule has 1 amide bonds. The van der Waals surface area contributed by atoms with Gasteiger partial charge in [0.05, 0.1) is 24.3 Å². The third-order valence-corrected chi connectivity index (χ3v) is 7.09. The van der Waals surface area contributed by atoms with E-state index in [2.05, 4.69) is 5.32 Å². The van der Waals surface area contributed by atoms with Crippen molar-refractivity contribution in [3.8, 4) is 5.75 Å². The number of rotatable bonds is 9. The summed E-state index contributed by atoms with van der Waals surface area (Å²) in [5.74, 6) is 0.0932. The standard InChI is InChI=1S/C25H28N2O5S/c1-18-9-14-21(33(29,30)27(2)23-7-5-6-8-24(23)32-4)15-22(18)25(28)26-16-19-10-12-20(13-11-19)17-31-3/h5-15H,16-17H2,1-4H3,(H,26,28). The summed E-state index contributed by atoms with van der Waals surface area (Å²) in [6.07, 6.45) is 0. The molecule has 0 aromatic heterocycles. The van der Waals surface area contributed by atoms with Crippen molar-refractivity contribution in [1.82, 2.24) is 5.32 Å². The lowest BCUT2D eigenvalue weighted by Crippen LogP contribution is -2.28. The average Bonchev–Trinajstić information content (AvgIpc) is 2.83. The number of anilines is 1. The van der Waals surface area contributed by atoms with Gasteiger partial charge in [-0.2, -0.15) is 0 Å². The summed E-state index contributed by atoms with van der Waals surface area (Å²) < 4.78 is 38.1. The molecule has 33 heavy (non-hydrogen) atoms. The first kappa shape index (κ1) is 24.3. The molecular weight excluding hydrogens is 440 g/mol. The van der Waals surface area contributed by atoms with Crippen LogP contribution in [0.3, 0.4) is 0 Å². The molecule has 3 aromatic rings. The van der Waals surface area contributed by atoms with Crippen molar-refractivity contribution in [1.29, 1.82) is 0 Å². The molecule has 3 aromatic carbocycles. The summed E-state index contributed by atoms with van der Waals surface area (Å²) >= 11 is 0. The Bertz CT molecular complexity index is 1220. The molecule has 174 valence electrons. The van der Waals surface area contributed by atoms with E-state index in [1.807, 2.05) is 24.3 Å². The number of carbonyl (C=O) groups is 1. The van der Waals surface area contributed by atoms with Crippen LogP contribution in [0.1, 0.15) is 27.0 Å². The summed E-state index contributed by atoms with van der Waals surface area (Å²) in [6, 6.07) is 19.1. The lowest BCUT2D eigenvalue weighted by atomic mass is 10.1. The quantitative estimate of drug-likeness (QED) is 0.515. The number of nitrogens with zero attached hydrogens (tertiary/aromatic N) is 1. The van der Waals surface area contributed by atoms with E-state index in [1.54, 1.807) is 44.4 Å². The second-order valence-corrected chi connectivity index (χ2v) is 9.52. The first-order valence-electron chi connectivity index (χ1n) is 10.4. The van der Waals surface area contributed by atoms with Gasteiger partial charge in [-0.05, 0) is 47.9 Å². The molecule has 3 rings (SSSR count). The maximum atomic E-state index is 13.3. The highest BCUT2D eigenvalue weighted by atomic mass is 32.2. The number of benzene rings is 3. The van der Waals surface area contributed by atoms with Crippen LogP contribution in [-0.2, 0) is 27.9 Å². The molecular formula is C25H28N2O5S. The Kier molecular flexibility index (Phi) is 7.73. The van der Waals surface area contributed by atoms with Crippen LogP contribution in [-0.4, -0.2) is 35.6 Å². The minimum atomic E-state index is -3.91. The molecule has 7 nitrogen and oxygen atoms in total. The van der Waals surface area contributed by atoms with E-state index in [0.717, 1.165) is 15.4 Å². The van der Waals surface area contributed by atoms with Crippen LogP contribution in [0.4, 0.5) is 5.69 Å². The number of para-hydroxylation sites is 2. The maximum absolute atomic E-state index is 13.3. The van der Waals surface area contributed by atoms with Gasteiger partial charge in [0, 0.05) is 26.3 Å². The zero-order valence-electron chi connectivity index (χ0n) is 19.2. The number of methoxy groups -OCH3 is 2. The van der Waals surface area contributed by atoms with Gasteiger partial charge in [-0.1, -0.05) is 42.5 Å². The Morgan fingerprint density at radius 3 is 2.30 bits per heavy atom. The van der Waals surface area contributed by atoms with E-state index in [9.17, 15) is 13.2 Å². The molecule has 0 radical (unpaired) electrons. The Morgan fingerprint density at radius 1 is 0.970 bits per heavy atom. The molecule has 0 fully saturated rings. The van der Waals surface area contributed by atoms with Crippen molar-refractivity contribution in [2.45, 2.75) is 25.0 Å². The van der Waals surface area contributed by atoms with Gasteiger partial charge in [0.15, 0.2) is 0 Å². The van der Waals surface area contributed by atoms with Gasteiger partial charge in [-0.3, -0.25) is 9.10 Å². The Balaban J connectivity index is 1.81. The molecule has 1 N–H and O–H groups in total. The molecule has 8 heteroatoms. The SMILES string of the molecule is COCc1ccc(CNC(=O)c2cc(S(=O)(=O)N(C)c3ccccc3OC)ccc2C)cc1. The number of hydrogen-bond acceptors (Lipinski definition) is 5. The molecule has 0 unspecified atom stereocenters. The van der Waals surface area contributed by atoms with Crippen LogP contribution in [0.2, 0.25) is 0 Å². The second kappa shape index (κ2) is 10.5. The minimum absolute atomic E-state index is 0.0237. The highest BCUT2D eigenvalue weighted by Gasteiger charge is 2.25. The number of amides is 1. The first-order chi connectivity index (χ1) is 15.8. The monoisotopic (exact) mass is 468 g/mol. The van der Waals surface area contributed by atoms with E-state index in [4.69, 9.17) is 9.47 Å². The molecule has 0 aliphatic heterocycles. The van der Waals surface area contributed by atoms with Crippen LogP contribution in [0.15, 0.2) is 71.6 Å². The molecule has 0 saturated heterocycles. The van der Waals surface area contributed by atoms with Gasteiger partial charge in [-0.15, -0.1) is 0 Å². The fourth-order valence-electron chi connectivity index (χ4n) is 3.38. The third-order valence-electron chi connectivity index (χ3n) is 5.32. The second-order valence-electron chi connectivity index (χ2n) is 7.55. The largest absolute Gasteiger partial charge is 0.495 e. The predicted molar refractivity (Wildman–Crippen MR) is 128 cm³/mol. The van der Waals surface area contributed by atoms with Gasteiger partial charge >= 0.3 is 0 Å². The van der Waals surface area contributed by atoms with Crippen LogP contribution >= 0.6 is 0 Å². The summed E-state index contributed by atoms with van der Waals surface area (Å²) in [5.41, 5.74) is 3.37. The summed E-state index contributed by atoms with van der Waals surface area (Å²) in [7, 11) is 0.668. The number of sulfonamides is 1.